The minimum absolute atomic E-state index is 0.0769. The lowest BCUT2D eigenvalue weighted by Crippen LogP contribution is -2.27. The van der Waals surface area contributed by atoms with Crippen LogP contribution in [-0.4, -0.2) is 19.0 Å². The van der Waals surface area contributed by atoms with Gasteiger partial charge in [0.05, 0.1) is 5.92 Å². The standard InChI is InChI=1S/C12H14BrIN2O/c1-7-5-15-6-9(7)12(17)16-8-2-3-11(14)10(13)4-8/h2-4,7,9,15H,5-6H2,1H3,(H,16,17)/t7-,9-/m1/s1. The van der Waals surface area contributed by atoms with Crippen LogP contribution in [0.5, 0.6) is 0 Å². The summed E-state index contributed by atoms with van der Waals surface area (Å²) in [5, 5.41) is 6.21. The molecule has 1 saturated heterocycles. The molecule has 1 aromatic rings. The van der Waals surface area contributed by atoms with Crippen molar-refractivity contribution in [2.75, 3.05) is 18.4 Å². The van der Waals surface area contributed by atoms with E-state index in [0.29, 0.717) is 5.92 Å². The number of hydrogen-bond donors (Lipinski definition) is 2. The van der Waals surface area contributed by atoms with Crippen LogP contribution in [0.1, 0.15) is 6.92 Å². The van der Waals surface area contributed by atoms with E-state index in [-0.39, 0.29) is 11.8 Å². The third-order valence-corrected chi connectivity index (χ3v) is 5.38. The smallest absolute Gasteiger partial charge is 0.229 e. The van der Waals surface area contributed by atoms with Crippen molar-refractivity contribution in [1.29, 1.82) is 0 Å². The summed E-state index contributed by atoms with van der Waals surface area (Å²) in [7, 11) is 0. The third kappa shape index (κ3) is 3.20. The fourth-order valence-corrected chi connectivity index (χ4v) is 2.68. The van der Waals surface area contributed by atoms with Gasteiger partial charge >= 0.3 is 0 Å². The van der Waals surface area contributed by atoms with Crippen LogP contribution < -0.4 is 10.6 Å². The zero-order chi connectivity index (χ0) is 12.4. The number of hydrogen-bond acceptors (Lipinski definition) is 2. The van der Waals surface area contributed by atoms with E-state index in [1.165, 1.54) is 0 Å². The van der Waals surface area contributed by atoms with Crippen molar-refractivity contribution in [3.8, 4) is 0 Å². The van der Waals surface area contributed by atoms with E-state index in [4.69, 9.17) is 0 Å². The topological polar surface area (TPSA) is 41.1 Å². The first-order valence-corrected chi connectivity index (χ1v) is 7.41. The lowest BCUT2D eigenvalue weighted by Gasteiger charge is -2.14. The van der Waals surface area contributed by atoms with Gasteiger partial charge in [0.2, 0.25) is 5.91 Å². The molecular formula is C12H14BrIN2O. The summed E-state index contributed by atoms with van der Waals surface area (Å²) < 4.78 is 2.14. The molecule has 0 unspecified atom stereocenters. The quantitative estimate of drug-likeness (QED) is 0.739. The molecule has 0 aliphatic carbocycles. The van der Waals surface area contributed by atoms with Gasteiger partial charge in [-0.05, 0) is 69.2 Å². The van der Waals surface area contributed by atoms with Crippen molar-refractivity contribution in [3.05, 3.63) is 26.2 Å². The summed E-state index contributed by atoms with van der Waals surface area (Å²) in [6.45, 7) is 3.81. The first-order chi connectivity index (χ1) is 8.08. The van der Waals surface area contributed by atoms with Crippen molar-refractivity contribution in [2.24, 2.45) is 11.8 Å². The van der Waals surface area contributed by atoms with Gasteiger partial charge in [-0.1, -0.05) is 6.92 Å². The van der Waals surface area contributed by atoms with Crippen molar-refractivity contribution >= 4 is 50.1 Å². The highest BCUT2D eigenvalue weighted by atomic mass is 127. The Morgan fingerprint density at radius 2 is 2.29 bits per heavy atom. The van der Waals surface area contributed by atoms with Gasteiger partial charge in [-0.3, -0.25) is 4.79 Å². The maximum Gasteiger partial charge on any atom is 0.229 e. The van der Waals surface area contributed by atoms with Crippen LogP contribution >= 0.6 is 38.5 Å². The number of anilines is 1. The summed E-state index contributed by atoms with van der Waals surface area (Å²) in [4.78, 5) is 12.1. The average Bonchev–Trinajstić information content (AvgIpc) is 2.70. The fraction of sp³-hybridized carbons (Fsp3) is 0.417. The van der Waals surface area contributed by atoms with Gasteiger partial charge in [-0.2, -0.15) is 0 Å². The van der Waals surface area contributed by atoms with E-state index in [0.717, 1.165) is 26.8 Å². The third-order valence-electron chi connectivity index (χ3n) is 3.04. The van der Waals surface area contributed by atoms with E-state index in [1.54, 1.807) is 0 Å². The Hall–Kier alpha value is -0.140. The van der Waals surface area contributed by atoms with Crippen molar-refractivity contribution in [3.63, 3.8) is 0 Å². The Labute approximate surface area is 123 Å². The number of nitrogens with one attached hydrogen (secondary N) is 2. The molecule has 1 heterocycles. The monoisotopic (exact) mass is 408 g/mol. The molecule has 0 spiro atoms. The molecule has 2 atom stereocenters. The van der Waals surface area contributed by atoms with Crippen LogP contribution in [0, 0.1) is 15.4 Å². The van der Waals surface area contributed by atoms with Crippen molar-refractivity contribution in [2.45, 2.75) is 6.92 Å². The summed E-state index contributed by atoms with van der Waals surface area (Å²) in [6, 6.07) is 5.85. The van der Waals surface area contributed by atoms with Gasteiger partial charge in [0.1, 0.15) is 0 Å². The Balaban J connectivity index is 2.05. The van der Waals surface area contributed by atoms with E-state index < -0.39 is 0 Å². The lowest BCUT2D eigenvalue weighted by atomic mass is 9.97. The Kier molecular flexibility index (Phi) is 4.43. The van der Waals surface area contributed by atoms with E-state index in [9.17, 15) is 4.79 Å². The van der Waals surface area contributed by atoms with Crippen LogP contribution in [-0.2, 0) is 4.79 Å². The molecule has 0 aromatic heterocycles. The lowest BCUT2D eigenvalue weighted by molar-refractivity contribution is -0.120. The predicted molar refractivity (Wildman–Crippen MR) is 81.0 cm³/mol. The molecule has 0 bridgehead atoms. The molecule has 5 heteroatoms. The minimum Gasteiger partial charge on any atom is -0.326 e. The highest BCUT2D eigenvalue weighted by Crippen LogP contribution is 2.24. The van der Waals surface area contributed by atoms with Gasteiger partial charge in [-0.25, -0.2) is 0 Å². The highest BCUT2D eigenvalue weighted by Gasteiger charge is 2.29. The summed E-state index contributed by atoms with van der Waals surface area (Å²) in [5.74, 6) is 0.589. The Bertz CT molecular complexity index is 439. The highest BCUT2D eigenvalue weighted by molar-refractivity contribution is 14.1. The van der Waals surface area contributed by atoms with Gasteiger partial charge < -0.3 is 10.6 Å². The van der Waals surface area contributed by atoms with E-state index in [2.05, 4.69) is 56.1 Å². The zero-order valence-electron chi connectivity index (χ0n) is 9.47. The van der Waals surface area contributed by atoms with Crippen LogP contribution in [0.15, 0.2) is 22.7 Å². The second kappa shape index (κ2) is 5.67. The van der Waals surface area contributed by atoms with Crippen LogP contribution in [0.2, 0.25) is 0 Å². The SMILES string of the molecule is C[C@@H]1CNC[C@H]1C(=O)Nc1ccc(I)c(Br)c1. The number of benzene rings is 1. The van der Waals surface area contributed by atoms with Gasteiger partial charge in [-0.15, -0.1) is 0 Å². The molecule has 0 radical (unpaired) electrons. The molecule has 1 fully saturated rings. The molecule has 1 amide bonds. The zero-order valence-corrected chi connectivity index (χ0v) is 13.2. The van der Waals surface area contributed by atoms with Crippen LogP contribution in [0.3, 0.4) is 0 Å². The average molecular weight is 409 g/mol. The summed E-state index contributed by atoms with van der Waals surface area (Å²) >= 11 is 5.71. The maximum absolute atomic E-state index is 12.1. The summed E-state index contributed by atoms with van der Waals surface area (Å²) in [6.07, 6.45) is 0. The first-order valence-electron chi connectivity index (χ1n) is 5.54. The molecule has 3 nitrogen and oxygen atoms in total. The van der Waals surface area contributed by atoms with Crippen LogP contribution in [0.25, 0.3) is 0 Å². The first kappa shape index (κ1) is 13.3. The number of halogens is 2. The fourth-order valence-electron chi connectivity index (χ4n) is 1.97. The maximum atomic E-state index is 12.1. The number of amides is 1. The molecular weight excluding hydrogens is 395 g/mol. The molecule has 2 N–H and O–H groups in total. The normalized spacial score (nSPS) is 23.7. The van der Waals surface area contributed by atoms with Gasteiger partial charge in [0.25, 0.3) is 0 Å². The number of rotatable bonds is 2. The van der Waals surface area contributed by atoms with Crippen molar-refractivity contribution in [1.82, 2.24) is 5.32 Å². The van der Waals surface area contributed by atoms with E-state index >= 15 is 0 Å². The number of carbonyl (C=O) groups is 1. The Morgan fingerprint density at radius 3 is 2.88 bits per heavy atom. The second-order valence-corrected chi connectivity index (χ2v) is 6.38. The largest absolute Gasteiger partial charge is 0.326 e. The molecule has 2 rings (SSSR count). The summed E-state index contributed by atoms with van der Waals surface area (Å²) in [5.41, 5.74) is 0.849. The minimum atomic E-state index is 0.0769. The molecule has 92 valence electrons. The molecule has 1 aliphatic heterocycles. The Morgan fingerprint density at radius 1 is 1.53 bits per heavy atom. The molecule has 1 aliphatic rings. The van der Waals surface area contributed by atoms with E-state index in [1.807, 2.05) is 18.2 Å². The van der Waals surface area contributed by atoms with Gasteiger partial charge in [0.15, 0.2) is 0 Å². The molecule has 0 saturated carbocycles. The predicted octanol–water partition coefficient (Wildman–Crippen LogP) is 2.85. The number of carbonyl (C=O) groups excluding carboxylic acids is 1. The van der Waals surface area contributed by atoms with Gasteiger partial charge in [0, 0.05) is 20.3 Å². The molecule has 1 aromatic carbocycles. The van der Waals surface area contributed by atoms with Crippen LogP contribution in [0.4, 0.5) is 5.69 Å². The second-order valence-electron chi connectivity index (χ2n) is 4.36. The van der Waals surface area contributed by atoms with Crippen molar-refractivity contribution < 1.29 is 4.79 Å². The molecule has 17 heavy (non-hydrogen) atoms.